The molecule has 0 aliphatic heterocycles. The van der Waals surface area contributed by atoms with Gasteiger partial charge < -0.3 is 4.74 Å². The maximum atomic E-state index is 13.6. The van der Waals surface area contributed by atoms with E-state index in [0.29, 0.717) is 10.8 Å². The van der Waals surface area contributed by atoms with Gasteiger partial charge in [-0.1, -0.05) is 23.7 Å². The highest BCUT2D eigenvalue weighted by Crippen LogP contribution is 2.35. The highest BCUT2D eigenvalue weighted by molar-refractivity contribution is 6.31. The quantitative estimate of drug-likeness (QED) is 0.653. The molecule has 0 N–H and O–H groups in total. The van der Waals surface area contributed by atoms with Crippen molar-refractivity contribution >= 4 is 11.6 Å². The molecule has 0 aliphatic rings. The lowest BCUT2D eigenvalue weighted by Crippen LogP contribution is -2.24. The highest BCUT2D eigenvalue weighted by Gasteiger charge is 2.35. The molecule has 0 saturated carbocycles. The molecule has 0 fully saturated rings. The molecule has 6 nitrogen and oxygen atoms in total. The van der Waals surface area contributed by atoms with Crippen LogP contribution >= 0.6 is 11.6 Å². The van der Waals surface area contributed by atoms with Crippen molar-refractivity contribution in [2.24, 2.45) is 7.05 Å². The van der Waals surface area contributed by atoms with Crippen LogP contribution in [0.15, 0.2) is 35.1 Å². The molecule has 0 unspecified atom stereocenters. The monoisotopic (exact) mass is 412 g/mol. The fourth-order valence-corrected chi connectivity index (χ4v) is 2.92. The van der Waals surface area contributed by atoms with Gasteiger partial charge in [0.1, 0.15) is 12.4 Å². The lowest BCUT2D eigenvalue weighted by molar-refractivity contribution is -0.138. The maximum Gasteiger partial charge on any atom is 0.416 e. The van der Waals surface area contributed by atoms with Crippen LogP contribution in [0.1, 0.15) is 22.3 Å². The van der Waals surface area contributed by atoms with Gasteiger partial charge in [0.05, 0.1) is 11.3 Å². The maximum absolute atomic E-state index is 13.6. The average molecular weight is 413 g/mol. The first-order valence-electron chi connectivity index (χ1n) is 8.17. The number of aromatic nitrogens is 4. The minimum absolute atomic E-state index is 0.0520. The molecule has 0 atom stereocenters. The van der Waals surface area contributed by atoms with E-state index >= 15 is 0 Å². The summed E-state index contributed by atoms with van der Waals surface area (Å²) in [7, 11) is 1.35. The van der Waals surface area contributed by atoms with Crippen LogP contribution < -0.4 is 10.4 Å². The van der Waals surface area contributed by atoms with Gasteiger partial charge in [-0.2, -0.15) is 22.5 Å². The number of nitrogens with zero attached hydrogens (tertiary/aromatic N) is 4. The summed E-state index contributed by atoms with van der Waals surface area (Å²) in [6.07, 6.45) is -4.64. The van der Waals surface area contributed by atoms with Crippen molar-refractivity contribution in [3.05, 3.63) is 68.1 Å². The van der Waals surface area contributed by atoms with Gasteiger partial charge in [0, 0.05) is 17.6 Å². The summed E-state index contributed by atoms with van der Waals surface area (Å²) in [5, 5.41) is 7.64. The Labute approximate surface area is 163 Å². The number of ether oxygens (including phenoxy) is 1. The van der Waals surface area contributed by atoms with E-state index in [1.54, 1.807) is 19.1 Å². The van der Waals surface area contributed by atoms with Gasteiger partial charge in [0.25, 0.3) is 0 Å². The first-order valence-corrected chi connectivity index (χ1v) is 8.55. The number of rotatable bonds is 4. The molecule has 0 bridgehead atoms. The van der Waals surface area contributed by atoms with Gasteiger partial charge in [-0.15, -0.1) is 0 Å². The Bertz CT molecular complexity index is 1090. The molecule has 28 heavy (non-hydrogen) atoms. The fourth-order valence-electron chi connectivity index (χ4n) is 2.77. The molecule has 0 aliphatic carbocycles. The minimum atomic E-state index is -4.64. The zero-order valence-electron chi connectivity index (χ0n) is 15.2. The van der Waals surface area contributed by atoms with E-state index in [-0.39, 0.29) is 11.3 Å². The van der Waals surface area contributed by atoms with E-state index in [2.05, 4.69) is 10.4 Å². The summed E-state index contributed by atoms with van der Waals surface area (Å²) in [5.41, 5.74) is -0.315. The lowest BCUT2D eigenvalue weighted by Gasteiger charge is -2.18. The predicted molar refractivity (Wildman–Crippen MR) is 96.9 cm³/mol. The van der Waals surface area contributed by atoms with Crippen molar-refractivity contribution in [3.8, 4) is 11.4 Å². The Balaban J connectivity index is 2.09. The van der Waals surface area contributed by atoms with E-state index in [0.717, 1.165) is 26.6 Å². The summed E-state index contributed by atoms with van der Waals surface area (Å²) in [6.45, 7) is 3.15. The third-order valence-electron chi connectivity index (χ3n) is 4.23. The Morgan fingerprint density at radius 3 is 2.46 bits per heavy atom. The van der Waals surface area contributed by atoms with Crippen LogP contribution in [0, 0.1) is 13.8 Å². The van der Waals surface area contributed by atoms with Crippen molar-refractivity contribution in [1.29, 1.82) is 0 Å². The summed E-state index contributed by atoms with van der Waals surface area (Å²) in [4.78, 5) is 12.2. The average Bonchev–Trinajstić information content (AvgIpc) is 2.95. The van der Waals surface area contributed by atoms with Crippen molar-refractivity contribution in [3.63, 3.8) is 0 Å². The normalized spacial score (nSPS) is 11.7. The molecule has 0 radical (unpaired) electrons. The Morgan fingerprint density at radius 2 is 1.86 bits per heavy atom. The molecule has 3 aromatic rings. The van der Waals surface area contributed by atoms with Crippen molar-refractivity contribution in [1.82, 2.24) is 19.8 Å². The van der Waals surface area contributed by atoms with E-state index < -0.39 is 24.0 Å². The number of hydrogen-bond donors (Lipinski definition) is 0. The molecular formula is C18H16ClF3N4O2. The Morgan fingerprint density at radius 1 is 1.14 bits per heavy atom. The van der Waals surface area contributed by atoms with E-state index in [1.165, 1.54) is 19.2 Å². The molecule has 0 amide bonds. The number of alkyl halides is 3. The van der Waals surface area contributed by atoms with Gasteiger partial charge in [-0.05, 0) is 53.6 Å². The van der Waals surface area contributed by atoms with Gasteiger partial charge in [-0.25, -0.2) is 4.79 Å². The summed E-state index contributed by atoms with van der Waals surface area (Å²) in [5.74, 6) is 0.352. The molecular weight excluding hydrogens is 397 g/mol. The molecule has 148 valence electrons. The highest BCUT2D eigenvalue weighted by atomic mass is 35.5. The summed E-state index contributed by atoms with van der Waals surface area (Å²) in [6, 6.07) is 6.83. The van der Waals surface area contributed by atoms with Gasteiger partial charge >= 0.3 is 11.9 Å². The SMILES string of the molecule is Cc1cc(C)c(OCc2c(-n3nnn(C)c3=O)cccc2C(F)(F)F)cc1Cl. The zero-order valence-corrected chi connectivity index (χ0v) is 16.0. The number of tetrazole rings is 1. The van der Waals surface area contributed by atoms with E-state index in [9.17, 15) is 18.0 Å². The second-order valence-electron chi connectivity index (χ2n) is 6.25. The number of aryl methyl sites for hydroxylation is 3. The summed E-state index contributed by atoms with van der Waals surface area (Å²) >= 11 is 6.10. The topological polar surface area (TPSA) is 61.9 Å². The molecule has 1 heterocycles. The van der Waals surface area contributed by atoms with E-state index in [1.807, 2.05) is 6.92 Å². The fraction of sp³-hybridized carbons (Fsp3) is 0.278. The first-order chi connectivity index (χ1) is 13.1. The minimum Gasteiger partial charge on any atom is -0.488 e. The molecule has 2 aromatic carbocycles. The number of hydrogen-bond acceptors (Lipinski definition) is 4. The molecule has 0 saturated heterocycles. The van der Waals surface area contributed by atoms with Crippen LogP contribution in [0.2, 0.25) is 5.02 Å². The molecule has 3 rings (SSSR count). The van der Waals surface area contributed by atoms with Crippen LogP contribution in [0.5, 0.6) is 5.75 Å². The van der Waals surface area contributed by atoms with Crippen LogP contribution in [0.3, 0.4) is 0 Å². The third-order valence-corrected chi connectivity index (χ3v) is 4.64. The Kier molecular flexibility index (Phi) is 5.20. The van der Waals surface area contributed by atoms with Gasteiger partial charge in [0.2, 0.25) is 0 Å². The predicted octanol–water partition coefficient (Wildman–Crippen LogP) is 3.83. The standard InChI is InChI=1S/C18H16ClF3N4O2/c1-10-7-11(2)16(8-14(10)19)28-9-12-13(18(20,21)22)5-4-6-15(12)26-17(27)25(3)23-24-26/h4-8H,9H2,1-3H3. The van der Waals surface area contributed by atoms with Crippen LogP contribution in [0.25, 0.3) is 5.69 Å². The summed E-state index contributed by atoms with van der Waals surface area (Å²) < 4.78 is 48.1. The van der Waals surface area contributed by atoms with Crippen molar-refractivity contribution < 1.29 is 17.9 Å². The third kappa shape index (κ3) is 3.75. The van der Waals surface area contributed by atoms with Gasteiger partial charge in [-0.3, -0.25) is 0 Å². The molecule has 10 heteroatoms. The van der Waals surface area contributed by atoms with E-state index in [4.69, 9.17) is 16.3 Å². The number of benzene rings is 2. The second-order valence-corrected chi connectivity index (χ2v) is 6.66. The largest absolute Gasteiger partial charge is 0.488 e. The van der Waals surface area contributed by atoms with Crippen molar-refractivity contribution in [2.75, 3.05) is 0 Å². The van der Waals surface area contributed by atoms with Gasteiger partial charge in [0.15, 0.2) is 0 Å². The lowest BCUT2D eigenvalue weighted by atomic mass is 10.1. The van der Waals surface area contributed by atoms with Crippen LogP contribution in [0.4, 0.5) is 13.2 Å². The Hall–Kier alpha value is -2.81. The zero-order chi connectivity index (χ0) is 20.6. The molecule has 1 aromatic heterocycles. The molecule has 0 spiro atoms. The smallest absolute Gasteiger partial charge is 0.416 e. The first kappa shape index (κ1) is 19.9. The second kappa shape index (κ2) is 7.31. The van der Waals surface area contributed by atoms with Crippen molar-refractivity contribution in [2.45, 2.75) is 26.6 Å². The number of halogens is 4. The van der Waals surface area contributed by atoms with Crippen LogP contribution in [-0.2, 0) is 19.8 Å². The van der Waals surface area contributed by atoms with Crippen LogP contribution in [-0.4, -0.2) is 19.8 Å².